The van der Waals surface area contributed by atoms with E-state index in [9.17, 15) is 10.1 Å². The fraction of sp³-hybridized carbons (Fsp3) is 0.500. The van der Waals surface area contributed by atoms with Gasteiger partial charge in [0.2, 0.25) is 0 Å². The first-order chi connectivity index (χ1) is 8.75. The van der Waals surface area contributed by atoms with Gasteiger partial charge in [-0.25, -0.2) is 0 Å². The summed E-state index contributed by atoms with van der Waals surface area (Å²) < 4.78 is 5.55. The first-order valence-electron chi connectivity index (χ1n) is 6.07. The molecule has 1 aromatic rings. The van der Waals surface area contributed by atoms with Crippen molar-refractivity contribution in [3.8, 4) is 5.75 Å². The lowest BCUT2D eigenvalue weighted by Gasteiger charge is -2.24. The lowest BCUT2D eigenvalue weighted by atomic mass is 10.2. The summed E-state index contributed by atoms with van der Waals surface area (Å²) in [6, 6.07) is 6.61. The van der Waals surface area contributed by atoms with Gasteiger partial charge < -0.3 is 15.4 Å². The van der Waals surface area contributed by atoms with Crippen LogP contribution in [0.3, 0.4) is 0 Å². The van der Waals surface area contributed by atoms with E-state index in [4.69, 9.17) is 4.74 Å². The summed E-state index contributed by atoms with van der Waals surface area (Å²) in [6.45, 7) is 3.57. The van der Waals surface area contributed by atoms with Crippen molar-refractivity contribution < 1.29 is 9.66 Å². The lowest BCUT2D eigenvalue weighted by molar-refractivity contribution is -0.384. The summed E-state index contributed by atoms with van der Waals surface area (Å²) in [6.07, 6.45) is 0.921. The fourth-order valence-corrected chi connectivity index (χ4v) is 1.90. The minimum absolute atomic E-state index is 0.0838. The summed E-state index contributed by atoms with van der Waals surface area (Å²) >= 11 is 0. The highest BCUT2D eigenvalue weighted by atomic mass is 16.6. The first kappa shape index (κ1) is 12.8. The van der Waals surface area contributed by atoms with Gasteiger partial charge >= 0.3 is 0 Å². The predicted molar refractivity (Wildman–Crippen MR) is 67.9 cm³/mol. The van der Waals surface area contributed by atoms with Crippen molar-refractivity contribution in [1.29, 1.82) is 0 Å². The summed E-state index contributed by atoms with van der Waals surface area (Å²) in [5.74, 6) is 0.671. The third-order valence-corrected chi connectivity index (χ3v) is 2.91. The third-order valence-electron chi connectivity index (χ3n) is 2.91. The molecule has 1 saturated heterocycles. The van der Waals surface area contributed by atoms with Gasteiger partial charge in [0.25, 0.3) is 5.69 Å². The smallest absolute Gasteiger partial charge is 0.269 e. The van der Waals surface area contributed by atoms with E-state index >= 15 is 0 Å². The summed E-state index contributed by atoms with van der Waals surface area (Å²) in [5, 5.41) is 17.2. The Kier molecular flexibility index (Phi) is 4.49. The molecule has 1 unspecified atom stereocenters. The minimum atomic E-state index is -0.415. The minimum Gasteiger partial charge on any atom is -0.494 e. The monoisotopic (exact) mass is 251 g/mol. The van der Waals surface area contributed by atoms with Gasteiger partial charge in [-0.1, -0.05) is 0 Å². The number of piperazine rings is 1. The summed E-state index contributed by atoms with van der Waals surface area (Å²) in [4.78, 5) is 10.1. The Hall–Kier alpha value is -1.66. The zero-order valence-corrected chi connectivity index (χ0v) is 10.1. The second-order valence-electron chi connectivity index (χ2n) is 4.24. The fourth-order valence-electron chi connectivity index (χ4n) is 1.90. The van der Waals surface area contributed by atoms with Crippen LogP contribution >= 0.6 is 0 Å². The van der Waals surface area contributed by atoms with E-state index in [1.165, 1.54) is 12.1 Å². The predicted octanol–water partition coefficient (Wildman–Crippen LogP) is 0.925. The van der Waals surface area contributed by atoms with Crippen LogP contribution in [0.2, 0.25) is 0 Å². The van der Waals surface area contributed by atoms with Crippen LogP contribution in [0.25, 0.3) is 0 Å². The van der Waals surface area contributed by atoms with Crippen molar-refractivity contribution in [2.45, 2.75) is 12.5 Å². The Morgan fingerprint density at radius 2 is 2.11 bits per heavy atom. The van der Waals surface area contributed by atoms with E-state index in [1.54, 1.807) is 12.1 Å². The molecule has 2 N–H and O–H groups in total. The van der Waals surface area contributed by atoms with E-state index in [1.807, 2.05) is 0 Å². The van der Waals surface area contributed by atoms with Crippen molar-refractivity contribution in [2.75, 3.05) is 26.2 Å². The Morgan fingerprint density at radius 1 is 1.33 bits per heavy atom. The topological polar surface area (TPSA) is 76.4 Å². The van der Waals surface area contributed by atoms with Crippen LogP contribution in [0.15, 0.2) is 24.3 Å². The van der Waals surface area contributed by atoms with Gasteiger partial charge in [-0.2, -0.15) is 0 Å². The molecule has 0 radical (unpaired) electrons. The van der Waals surface area contributed by atoms with Crippen molar-refractivity contribution in [3.05, 3.63) is 34.4 Å². The van der Waals surface area contributed by atoms with Gasteiger partial charge in [-0.15, -0.1) is 0 Å². The SMILES string of the molecule is O=[N+]([O-])c1ccc(OCCC2CNCCN2)cc1. The molecule has 0 bridgehead atoms. The highest BCUT2D eigenvalue weighted by Crippen LogP contribution is 2.17. The summed E-state index contributed by atoms with van der Waals surface area (Å²) in [5.41, 5.74) is 0.0838. The summed E-state index contributed by atoms with van der Waals surface area (Å²) in [7, 11) is 0. The molecule has 6 heteroatoms. The number of hydrogen-bond donors (Lipinski definition) is 2. The number of rotatable bonds is 5. The Balaban J connectivity index is 1.74. The third kappa shape index (κ3) is 3.68. The Labute approximate surface area is 105 Å². The zero-order chi connectivity index (χ0) is 12.8. The number of nitro benzene ring substituents is 1. The Morgan fingerprint density at radius 3 is 2.72 bits per heavy atom. The normalized spacial score (nSPS) is 19.4. The van der Waals surface area contributed by atoms with Gasteiger partial charge in [-0.05, 0) is 18.6 Å². The van der Waals surface area contributed by atoms with Crippen molar-refractivity contribution in [1.82, 2.24) is 10.6 Å². The molecule has 0 aromatic heterocycles. The molecule has 1 fully saturated rings. The maximum Gasteiger partial charge on any atom is 0.269 e. The number of nitro groups is 1. The molecule has 0 spiro atoms. The molecule has 2 rings (SSSR count). The van der Waals surface area contributed by atoms with E-state index in [2.05, 4.69) is 10.6 Å². The zero-order valence-electron chi connectivity index (χ0n) is 10.1. The highest BCUT2D eigenvalue weighted by Gasteiger charge is 2.11. The molecule has 1 aliphatic heterocycles. The molecule has 98 valence electrons. The lowest BCUT2D eigenvalue weighted by Crippen LogP contribution is -2.48. The molecule has 1 aromatic carbocycles. The van der Waals surface area contributed by atoms with Crippen molar-refractivity contribution in [2.24, 2.45) is 0 Å². The number of hydrogen-bond acceptors (Lipinski definition) is 5. The average Bonchev–Trinajstić information content (AvgIpc) is 2.40. The Bertz CT molecular complexity index is 388. The van der Waals surface area contributed by atoms with Crippen LogP contribution in [0.1, 0.15) is 6.42 Å². The van der Waals surface area contributed by atoms with E-state index in [0.717, 1.165) is 26.1 Å². The second-order valence-corrected chi connectivity index (χ2v) is 4.24. The van der Waals surface area contributed by atoms with Crippen molar-refractivity contribution in [3.63, 3.8) is 0 Å². The largest absolute Gasteiger partial charge is 0.494 e. The van der Waals surface area contributed by atoms with Crippen LogP contribution in [-0.2, 0) is 0 Å². The molecular formula is C12H17N3O3. The van der Waals surface area contributed by atoms with E-state index in [-0.39, 0.29) is 5.69 Å². The van der Waals surface area contributed by atoms with Crippen LogP contribution in [0.5, 0.6) is 5.75 Å². The van der Waals surface area contributed by atoms with Crippen LogP contribution in [0.4, 0.5) is 5.69 Å². The first-order valence-corrected chi connectivity index (χ1v) is 6.07. The van der Waals surface area contributed by atoms with E-state index in [0.29, 0.717) is 18.4 Å². The molecule has 1 aliphatic rings. The van der Waals surface area contributed by atoms with Gasteiger partial charge in [0.15, 0.2) is 0 Å². The molecule has 0 saturated carbocycles. The molecule has 18 heavy (non-hydrogen) atoms. The maximum atomic E-state index is 10.5. The van der Waals surface area contributed by atoms with Crippen LogP contribution < -0.4 is 15.4 Å². The number of nitrogens with zero attached hydrogens (tertiary/aromatic N) is 1. The molecule has 0 aliphatic carbocycles. The highest BCUT2D eigenvalue weighted by molar-refractivity contribution is 5.35. The second kappa shape index (κ2) is 6.32. The van der Waals surface area contributed by atoms with Gasteiger partial charge in [-0.3, -0.25) is 10.1 Å². The quantitative estimate of drug-likeness (QED) is 0.601. The van der Waals surface area contributed by atoms with E-state index < -0.39 is 4.92 Å². The number of ether oxygens (including phenoxy) is 1. The number of non-ortho nitro benzene ring substituents is 1. The average molecular weight is 251 g/mol. The molecule has 1 heterocycles. The van der Waals surface area contributed by atoms with Crippen molar-refractivity contribution >= 4 is 5.69 Å². The number of nitrogens with one attached hydrogen (secondary N) is 2. The standard InChI is InChI=1S/C12H17N3O3/c16-15(17)11-1-3-12(4-2-11)18-8-5-10-9-13-6-7-14-10/h1-4,10,13-14H,5-9H2. The number of benzene rings is 1. The maximum absolute atomic E-state index is 10.5. The molecule has 0 amide bonds. The molecule has 1 atom stereocenters. The molecular weight excluding hydrogens is 234 g/mol. The van der Waals surface area contributed by atoms with Gasteiger partial charge in [0, 0.05) is 37.8 Å². The molecule has 6 nitrogen and oxygen atoms in total. The van der Waals surface area contributed by atoms with Gasteiger partial charge in [0.05, 0.1) is 11.5 Å². The van der Waals surface area contributed by atoms with Crippen LogP contribution in [0, 0.1) is 10.1 Å². The van der Waals surface area contributed by atoms with Gasteiger partial charge in [0.1, 0.15) is 5.75 Å². The van der Waals surface area contributed by atoms with Crippen LogP contribution in [-0.4, -0.2) is 37.2 Å².